The van der Waals surface area contributed by atoms with Gasteiger partial charge in [0.1, 0.15) is 6.61 Å². The van der Waals surface area contributed by atoms with E-state index < -0.39 is 28.2 Å². The molecule has 1 rings (SSSR count). The fraction of sp³-hybridized carbons (Fsp3) is 0.300. The molecule has 9 heteroatoms. The maximum Gasteiger partial charge on any atom is 0.523 e. The summed E-state index contributed by atoms with van der Waals surface area (Å²) < 4.78 is 64.6. The highest BCUT2D eigenvalue weighted by molar-refractivity contribution is 7.87. The highest BCUT2D eigenvalue weighted by atomic mass is 32.2. The normalized spacial score (nSPS) is 12.2. The van der Waals surface area contributed by atoms with E-state index in [2.05, 4.69) is 8.92 Å². The summed E-state index contributed by atoms with van der Waals surface area (Å²) in [5.74, 6) is -1.21. The number of rotatable bonds is 5. The average molecular weight is 298 g/mol. The number of hydrogen-bond donors (Lipinski definition) is 0. The minimum atomic E-state index is -5.78. The van der Waals surface area contributed by atoms with Crippen molar-refractivity contribution in [3.63, 3.8) is 0 Å². The molecule has 1 aromatic carbocycles. The molecular formula is C10H9F3O5S. The average Bonchev–Trinajstić information content (AvgIpc) is 2.34. The summed E-state index contributed by atoms with van der Waals surface area (Å²) in [5.41, 5.74) is -4.96. The Balaban J connectivity index is 2.41. The number of alkyl halides is 3. The molecule has 0 amide bonds. The van der Waals surface area contributed by atoms with Crippen LogP contribution in [0.1, 0.15) is 5.56 Å². The van der Waals surface area contributed by atoms with Crippen LogP contribution in [0.2, 0.25) is 0 Å². The van der Waals surface area contributed by atoms with E-state index in [1.807, 2.05) is 0 Å². The van der Waals surface area contributed by atoms with Crippen molar-refractivity contribution in [1.82, 2.24) is 0 Å². The SMILES string of the molecule is O=C(COS(=O)(=O)C(F)(F)F)OCc1ccccc1. The van der Waals surface area contributed by atoms with E-state index in [0.717, 1.165) is 0 Å². The topological polar surface area (TPSA) is 69.7 Å². The third kappa shape index (κ3) is 4.87. The summed E-state index contributed by atoms with van der Waals surface area (Å²) in [6, 6.07) is 8.33. The van der Waals surface area contributed by atoms with Crippen molar-refractivity contribution in [3.05, 3.63) is 35.9 Å². The number of ether oxygens (including phenoxy) is 1. The van der Waals surface area contributed by atoms with Crippen molar-refractivity contribution >= 4 is 16.1 Å². The van der Waals surface area contributed by atoms with Gasteiger partial charge in [-0.1, -0.05) is 30.3 Å². The first-order valence-electron chi connectivity index (χ1n) is 4.87. The van der Waals surface area contributed by atoms with Crippen LogP contribution in [0, 0.1) is 0 Å². The lowest BCUT2D eigenvalue weighted by Crippen LogP contribution is -2.28. The highest BCUT2D eigenvalue weighted by Gasteiger charge is 2.47. The van der Waals surface area contributed by atoms with Crippen LogP contribution in [0.5, 0.6) is 0 Å². The number of carbonyl (C=O) groups excluding carboxylic acids is 1. The lowest BCUT2D eigenvalue weighted by Gasteiger charge is -2.08. The number of benzene rings is 1. The molecular weight excluding hydrogens is 289 g/mol. The molecule has 0 saturated carbocycles. The number of carbonyl (C=O) groups is 1. The molecule has 0 aliphatic heterocycles. The molecule has 0 fully saturated rings. The lowest BCUT2D eigenvalue weighted by molar-refractivity contribution is -0.147. The van der Waals surface area contributed by atoms with Crippen LogP contribution in [-0.2, 0) is 30.4 Å². The lowest BCUT2D eigenvalue weighted by atomic mass is 10.2. The van der Waals surface area contributed by atoms with E-state index in [9.17, 15) is 26.4 Å². The van der Waals surface area contributed by atoms with Crippen molar-refractivity contribution < 1.29 is 35.3 Å². The second-order valence-electron chi connectivity index (χ2n) is 3.31. The summed E-state index contributed by atoms with van der Waals surface area (Å²) in [7, 11) is -5.78. The molecule has 1 aromatic rings. The molecule has 0 bridgehead atoms. The summed E-state index contributed by atoms with van der Waals surface area (Å²) in [6.45, 7) is -1.51. The Morgan fingerprint density at radius 2 is 1.74 bits per heavy atom. The standard InChI is InChI=1S/C10H9F3O5S/c11-10(12,13)19(15,16)18-7-9(14)17-6-8-4-2-1-3-5-8/h1-5H,6-7H2. The van der Waals surface area contributed by atoms with Gasteiger partial charge < -0.3 is 4.74 Å². The van der Waals surface area contributed by atoms with Gasteiger partial charge in [-0.05, 0) is 5.56 Å². The Kier molecular flexibility index (Phi) is 4.90. The predicted octanol–water partition coefficient (Wildman–Crippen LogP) is 1.60. The Hall–Kier alpha value is -1.61. The van der Waals surface area contributed by atoms with Crippen molar-refractivity contribution in [1.29, 1.82) is 0 Å². The fourth-order valence-electron chi connectivity index (χ4n) is 0.972. The van der Waals surface area contributed by atoms with Gasteiger partial charge >= 0.3 is 21.6 Å². The van der Waals surface area contributed by atoms with E-state index in [1.165, 1.54) is 0 Å². The first-order valence-corrected chi connectivity index (χ1v) is 6.28. The predicted molar refractivity (Wildman–Crippen MR) is 57.2 cm³/mol. The maximum absolute atomic E-state index is 11.9. The van der Waals surface area contributed by atoms with Gasteiger partial charge in [-0.3, -0.25) is 4.18 Å². The number of esters is 1. The molecule has 19 heavy (non-hydrogen) atoms. The Morgan fingerprint density at radius 3 is 2.26 bits per heavy atom. The summed E-state index contributed by atoms with van der Waals surface area (Å²) in [6.07, 6.45) is 0. The minimum absolute atomic E-state index is 0.185. The molecule has 0 aromatic heterocycles. The Bertz CT molecular complexity index is 524. The van der Waals surface area contributed by atoms with Crippen LogP contribution in [0.15, 0.2) is 30.3 Å². The van der Waals surface area contributed by atoms with Gasteiger partial charge in [0.2, 0.25) is 0 Å². The minimum Gasteiger partial charge on any atom is -0.459 e. The van der Waals surface area contributed by atoms with Gasteiger partial charge in [-0.15, -0.1) is 0 Å². The van der Waals surface area contributed by atoms with E-state index in [4.69, 9.17) is 0 Å². The molecule has 0 unspecified atom stereocenters. The van der Waals surface area contributed by atoms with E-state index >= 15 is 0 Å². The maximum atomic E-state index is 11.9. The van der Waals surface area contributed by atoms with E-state index in [-0.39, 0.29) is 6.61 Å². The monoisotopic (exact) mass is 298 g/mol. The molecule has 0 saturated heterocycles. The number of hydrogen-bond acceptors (Lipinski definition) is 5. The van der Waals surface area contributed by atoms with E-state index in [1.54, 1.807) is 30.3 Å². The second kappa shape index (κ2) is 6.02. The molecule has 0 atom stereocenters. The van der Waals surface area contributed by atoms with Gasteiger partial charge in [0.05, 0.1) is 0 Å². The largest absolute Gasteiger partial charge is 0.523 e. The molecule has 106 valence electrons. The third-order valence-electron chi connectivity index (χ3n) is 1.86. The summed E-state index contributed by atoms with van der Waals surface area (Å²) in [4.78, 5) is 11.0. The molecule has 0 heterocycles. The highest BCUT2D eigenvalue weighted by Crippen LogP contribution is 2.24. The van der Waals surface area contributed by atoms with Gasteiger partial charge in [0.25, 0.3) is 0 Å². The second-order valence-corrected chi connectivity index (χ2v) is 4.92. The third-order valence-corrected chi connectivity index (χ3v) is 2.85. The summed E-state index contributed by atoms with van der Waals surface area (Å²) in [5, 5.41) is 0. The number of halogens is 3. The first kappa shape index (κ1) is 15.4. The first-order chi connectivity index (χ1) is 8.72. The van der Waals surface area contributed by atoms with E-state index in [0.29, 0.717) is 5.56 Å². The Morgan fingerprint density at radius 1 is 1.16 bits per heavy atom. The van der Waals surface area contributed by atoms with Crippen LogP contribution in [0.25, 0.3) is 0 Å². The summed E-state index contributed by atoms with van der Waals surface area (Å²) >= 11 is 0. The smallest absolute Gasteiger partial charge is 0.459 e. The zero-order valence-corrected chi connectivity index (χ0v) is 10.2. The fourth-order valence-corrected chi connectivity index (χ4v) is 1.36. The van der Waals surface area contributed by atoms with Gasteiger partial charge in [0, 0.05) is 0 Å². The van der Waals surface area contributed by atoms with Gasteiger partial charge in [0.15, 0.2) is 6.61 Å². The van der Waals surface area contributed by atoms with Crippen LogP contribution in [-0.4, -0.2) is 26.5 Å². The molecule has 5 nitrogen and oxygen atoms in total. The van der Waals surface area contributed by atoms with Gasteiger partial charge in [-0.2, -0.15) is 21.6 Å². The van der Waals surface area contributed by atoms with Crippen LogP contribution < -0.4 is 0 Å². The van der Waals surface area contributed by atoms with Gasteiger partial charge in [-0.25, -0.2) is 4.79 Å². The molecule has 0 spiro atoms. The zero-order chi connectivity index (χ0) is 14.5. The molecule has 0 N–H and O–H groups in total. The zero-order valence-electron chi connectivity index (χ0n) is 9.38. The Labute approximate surface area is 107 Å². The van der Waals surface area contributed by atoms with Crippen molar-refractivity contribution in [3.8, 4) is 0 Å². The molecule has 0 radical (unpaired) electrons. The van der Waals surface area contributed by atoms with Crippen LogP contribution in [0.4, 0.5) is 13.2 Å². The van der Waals surface area contributed by atoms with Crippen molar-refractivity contribution in [2.75, 3.05) is 6.61 Å². The van der Waals surface area contributed by atoms with Crippen LogP contribution >= 0.6 is 0 Å². The molecule has 0 aliphatic carbocycles. The quantitative estimate of drug-likeness (QED) is 0.469. The van der Waals surface area contributed by atoms with Crippen molar-refractivity contribution in [2.45, 2.75) is 12.1 Å². The van der Waals surface area contributed by atoms with Crippen LogP contribution in [0.3, 0.4) is 0 Å². The molecule has 0 aliphatic rings. The van der Waals surface area contributed by atoms with Crippen molar-refractivity contribution in [2.24, 2.45) is 0 Å².